The number of aryl methyl sites for hydroxylation is 2. The Labute approximate surface area is 178 Å². The molecular formula is C25H29N3O2. The zero-order valence-corrected chi connectivity index (χ0v) is 18.0. The SMILES string of the molecule is CCN1CCC[C@@H]1CN=CC1C(=O)N(c2cc(C)cc(C)c2)C(=O)c2ccccc21. The van der Waals surface area contributed by atoms with Gasteiger partial charge in [-0.2, -0.15) is 0 Å². The summed E-state index contributed by atoms with van der Waals surface area (Å²) in [5, 5.41) is 0. The zero-order chi connectivity index (χ0) is 21.3. The number of nitrogens with zero attached hydrogens (tertiary/aromatic N) is 3. The van der Waals surface area contributed by atoms with Crippen molar-refractivity contribution in [2.45, 2.75) is 45.6 Å². The van der Waals surface area contributed by atoms with Crippen LogP contribution < -0.4 is 4.90 Å². The van der Waals surface area contributed by atoms with Crippen LogP contribution in [-0.2, 0) is 4.79 Å². The van der Waals surface area contributed by atoms with Crippen molar-refractivity contribution < 1.29 is 9.59 Å². The number of rotatable bonds is 5. The van der Waals surface area contributed by atoms with E-state index >= 15 is 0 Å². The first-order valence-electron chi connectivity index (χ1n) is 10.8. The van der Waals surface area contributed by atoms with Crippen LogP contribution in [0, 0.1) is 13.8 Å². The molecule has 2 aliphatic heterocycles. The van der Waals surface area contributed by atoms with E-state index in [1.54, 1.807) is 12.3 Å². The average Bonchev–Trinajstić information content (AvgIpc) is 3.17. The summed E-state index contributed by atoms with van der Waals surface area (Å²) in [5.74, 6) is -1.04. The average molecular weight is 404 g/mol. The highest BCUT2D eigenvalue weighted by molar-refractivity contribution is 6.29. The lowest BCUT2D eigenvalue weighted by atomic mass is 9.88. The summed E-state index contributed by atoms with van der Waals surface area (Å²) in [4.78, 5) is 35.1. The van der Waals surface area contributed by atoms with E-state index in [-0.39, 0.29) is 11.8 Å². The summed E-state index contributed by atoms with van der Waals surface area (Å²) in [5.41, 5.74) is 3.99. The monoisotopic (exact) mass is 403 g/mol. The molecule has 0 bridgehead atoms. The second kappa shape index (κ2) is 8.52. The van der Waals surface area contributed by atoms with Gasteiger partial charge >= 0.3 is 0 Å². The number of likely N-dealkylation sites (N-methyl/N-ethyl adjacent to an activating group) is 1. The second-order valence-corrected chi connectivity index (χ2v) is 8.33. The molecule has 0 radical (unpaired) electrons. The van der Waals surface area contributed by atoms with E-state index in [0.717, 1.165) is 36.2 Å². The van der Waals surface area contributed by atoms with Gasteiger partial charge in [0, 0.05) is 17.8 Å². The number of anilines is 1. The number of hydrogen-bond acceptors (Lipinski definition) is 4. The Kier molecular flexibility index (Phi) is 5.82. The molecule has 5 nitrogen and oxygen atoms in total. The summed E-state index contributed by atoms with van der Waals surface area (Å²) in [6.07, 6.45) is 4.11. The quantitative estimate of drug-likeness (QED) is 0.557. The highest BCUT2D eigenvalue weighted by atomic mass is 16.2. The second-order valence-electron chi connectivity index (χ2n) is 8.33. The minimum atomic E-state index is -0.545. The van der Waals surface area contributed by atoms with Crippen LogP contribution in [0.25, 0.3) is 0 Å². The smallest absolute Gasteiger partial charge is 0.265 e. The van der Waals surface area contributed by atoms with Gasteiger partial charge in [0.15, 0.2) is 0 Å². The Bertz CT molecular complexity index is 977. The molecule has 2 amide bonds. The first-order valence-corrected chi connectivity index (χ1v) is 10.8. The van der Waals surface area contributed by atoms with Gasteiger partial charge in [0.25, 0.3) is 5.91 Å². The van der Waals surface area contributed by atoms with E-state index in [1.165, 1.54) is 11.3 Å². The molecule has 4 rings (SSSR count). The van der Waals surface area contributed by atoms with Gasteiger partial charge < -0.3 is 0 Å². The van der Waals surface area contributed by atoms with E-state index in [2.05, 4.69) is 16.8 Å². The fraction of sp³-hybridized carbons (Fsp3) is 0.400. The van der Waals surface area contributed by atoms with Crippen molar-refractivity contribution in [1.82, 2.24) is 4.90 Å². The summed E-state index contributed by atoms with van der Waals surface area (Å²) >= 11 is 0. The lowest BCUT2D eigenvalue weighted by Crippen LogP contribution is -2.45. The van der Waals surface area contributed by atoms with Gasteiger partial charge in [-0.25, -0.2) is 4.90 Å². The molecule has 0 saturated carbocycles. The van der Waals surface area contributed by atoms with Crippen LogP contribution in [0.1, 0.15) is 52.7 Å². The number of fused-ring (bicyclic) bond motifs is 1. The van der Waals surface area contributed by atoms with Crippen LogP contribution >= 0.6 is 0 Å². The molecule has 30 heavy (non-hydrogen) atoms. The minimum Gasteiger partial charge on any atom is -0.299 e. The molecule has 0 N–H and O–H groups in total. The highest BCUT2D eigenvalue weighted by Gasteiger charge is 2.39. The Morgan fingerprint density at radius 1 is 1.10 bits per heavy atom. The van der Waals surface area contributed by atoms with E-state index in [4.69, 9.17) is 0 Å². The predicted molar refractivity (Wildman–Crippen MR) is 121 cm³/mol. The molecule has 0 aliphatic carbocycles. The maximum atomic E-state index is 13.5. The van der Waals surface area contributed by atoms with Crippen molar-refractivity contribution >= 4 is 23.7 Å². The zero-order valence-electron chi connectivity index (χ0n) is 18.0. The Morgan fingerprint density at radius 2 is 1.83 bits per heavy atom. The fourth-order valence-electron chi connectivity index (χ4n) is 4.73. The van der Waals surface area contributed by atoms with Gasteiger partial charge in [-0.1, -0.05) is 31.2 Å². The van der Waals surface area contributed by atoms with E-state index in [1.807, 2.05) is 50.2 Å². The van der Waals surface area contributed by atoms with Crippen molar-refractivity contribution in [2.24, 2.45) is 4.99 Å². The molecular weight excluding hydrogens is 374 g/mol. The van der Waals surface area contributed by atoms with Crippen LogP contribution in [0.4, 0.5) is 5.69 Å². The first-order chi connectivity index (χ1) is 14.5. The van der Waals surface area contributed by atoms with E-state index in [9.17, 15) is 9.59 Å². The van der Waals surface area contributed by atoms with Crippen LogP contribution in [0.15, 0.2) is 47.5 Å². The summed E-state index contributed by atoms with van der Waals surface area (Å²) < 4.78 is 0. The van der Waals surface area contributed by atoms with Crippen molar-refractivity contribution in [3.63, 3.8) is 0 Å². The van der Waals surface area contributed by atoms with Gasteiger partial charge in [0.2, 0.25) is 5.91 Å². The number of carbonyl (C=O) groups excluding carboxylic acids is 2. The minimum absolute atomic E-state index is 0.230. The van der Waals surface area contributed by atoms with Gasteiger partial charge in [-0.15, -0.1) is 0 Å². The molecule has 1 fully saturated rings. The molecule has 2 atom stereocenters. The van der Waals surface area contributed by atoms with E-state index < -0.39 is 5.92 Å². The number of likely N-dealkylation sites (tertiary alicyclic amines) is 1. The summed E-state index contributed by atoms with van der Waals surface area (Å²) in [7, 11) is 0. The topological polar surface area (TPSA) is 53.0 Å². The Balaban J connectivity index is 1.67. The van der Waals surface area contributed by atoms with E-state index in [0.29, 0.717) is 23.8 Å². The van der Waals surface area contributed by atoms with Crippen molar-refractivity contribution in [3.8, 4) is 0 Å². The lowest BCUT2D eigenvalue weighted by molar-refractivity contribution is -0.118. The number of amides is 2. The molecule has 2 aromatic carbocycles. The van der Waals surface area contributed by atoms with Crippen LogP contribution in [-0.4, -0.2) is 48.6 Å². The van der Waals surface area contributed by atoms with Gasteiger partial charge in [-0.05, 0) is 74.7 Å². The largest absolute Gasteiger partial charge is 0.299 e. The van der Waals surface area contributed by atoms with Gasteiger partial charge in [0.1, 0.15) is 0 Å². The molecule has 0 aromatic heterocycles. The van der Waals surface area contributed by atoms with Gasteiger partial charge in [0.05, 0.1) is 18.2 Å². The third-order valence-electron chi connectivity index (χ3n) is 6.16. The number of imide groups is 1. The molecule has 2 aromatic rings. The predicted octanol–water partition coefficient (Wildman–Crippen LogP) is 4.13. The number of benzene rings is 2. The fourth-order valence-corrected chi connectivity index (χ4v) is 4.73. The maximum absolute atomic E-state index is 13.5. The lowest BCUT2D eigenvalue weighted by Gasteiger charge is -2.31. The molecule has 2 heterocycles. The normalized spacial score (nSPS) is 22.2. The van der Waals surface area contributed by atoms with Crippen LogP contribution in [0.3, 0.4) is 0 Å². The molecule has 1 unspecified atom stereocenters. The number of carbonyl (C=O) groups is 2. The maximum Gasteiger partial charge on any atom is 0.265 e. The Hall–Kier alpha value is -2.79. The van der Waals surface area contributed by atoms with Gasteiger partial charge in [-0.3, -0.25) is 19.5 Å². The summed E-state index contributed by atoms with van der Waals surface area (Å²) in [6.45, 7) is 8.97. The molecule has 156 valence electrons. The molecule has 5 heteroatoms. The van der Waals surface area contributed by atoms with Crippen LogP contribution in [0.2, 0.25) is 0 Å². The standard InChI is InChI=1S/C25H29N3O2/c1-4-27-11-7-8-19(27)15-26-16-23-21-9-5-6-10-22(21)24(29)28(25(23)30)20-13-17(2)12-18(3)14-20/h5-6,9-10,12-14,16,19,23H,4,7-8,11,15H2,1-3H3/t19-,23?/m1/s1. The van der Waals surface area contributed by atoms with Crippen molar-refractivity contribution in [1.29, 1.82) is 0 Å². The molecule has 2 aliphatic rings. The van der Waals surface area contributed by atoms with Crippen molar-refractivity contribution in [3.05, 3.63) is 64.7 Å². The number of hydrogen-bond donors (Lipinski definition) is 0. The van der Waals surface area contributed by atoms with Crippen LogP contribution in [0.5, 0.6) is 0 Å². The first kappa shape index (κ1) is 20.5. The molecule has 0 spiro atoms. The number of aliphatic imine (C=N–C) groups is 1. The highest BCUT2D eigenvalue weighted by Crippen LogP contribution is 2.32. The molecule has 1 saturated heterocycles. The Morgan fingerprint density at radius 3 is 2.57 bits per heavy atom. The summed E-state index contributed by atoms with van der Waals surface area (Å²) in [6, 6.07) is 13.7. The third-order valence-corrected chi connectivity index (χ3v) is 6.16. The van der Waals surface area contributed by atoms with Crippen molar-refractivity contribution in [2.75, 3.05) is 24.5 Å². The third kappa shape index (κ3) is 3.82.